The zero-order chi connectivity index (χ0) is 8.49. The van der Waals surface area contributed by atoms with Gasteiger partial charge in [-0.3, -0.25) is 0 Å². The predicted octanol–water partition coefficient (Wildman–Crippen LogP) is -0.498. The highest BCUT2D eigenvalue weighted by atomic mass is 32.2. The first kappa shape index (κ1) is 10.3. The Morgan fingerprint density at radius 3 is 1.17 bits per heavy atom. The molecule has 0 radical (unpaired) electrons. The van der Waals surface area contributed by atoms with Gasteiger partial charge in [-0.2, -0.15) is 11.8 Å². The molecule has 2 rings (SSSR count). The molecule has 3 N–H and O–H groups in total. The fourth-order valence-electron chi connectivity index (χ4n) is 1.12. The zero-order valence-electron chi connectivity index (χ0n) is 7.57. The molecule has 3 nitrogen and oxygen atoms in total. The highest BCUT2D eigenvalue weighted by Crippen LogP contribution is 1.99. The lowest BCUT2D eigenvalue weighted by atomic mass is 10.4. The molecule has 4 heteroatoms. The van der Waals surface area contributed by atoms with Crippen molar-refractivity contribution in [2.75, 3.05) is 50.8 Å². The lowest BCUT2D eigenvalue weighted by molar-refractivity contribution is 0.534. The third kappa shape index (κ3) is 5.83. The molecule has 2 fully saturated rings. The molecule has 12 heavy (non-hydrogen) atoms. The molecule has 0 aromatic rings. The lowest BCUT2D eigenvalue weighted by Gasteiger charge is -2.11. The van der Waals surface area contributed by atoms with Crippen LogP contribution in [-0.2, 0) is 0 Å². The Kier molecular flexibility index (Phi) is 6.75. The lowest BCUT2D eigenvalue weighted by Crippen LogP contribution is -2.39. The van der Waals surface area contributed by atoms with Crippen molar-refractivity contribution >= 4 is 11.8 Å². The summed E-state index contributed by atoms with van der Waals surface area (Å²) >= 11 is 2.03. The highest BCUT2D eigenvalue weighted by molar-refractivity contribution is 7.99. The van der Waals surface area contributed by atoms with Crippen LogP contribution >= 0.6 is 11.8 Å². The van der Waals surface area contributed by atoms with Crippen LogP contribution in [0.15, 0.2) is 0 Å². The van der Waals surface area contributed by atoms with Gasteiger partial charge in [-0.15, -0.1) is 0 Å². The van der Waals surface area contributed by atoms with Gasteiger partial charge < -0.3 is 16.0 Å². The number of piperazine rings is 1. The van der Waals surface area contributed by atoms with Gasteiger partial charge in [-0.25, -0.2) is 0 Å². The Balaban J connectivity index is 0.000000120. The topological polar surface area (TPSA) is 36.1 Å². The van der Waals surface area contributed by atoms with E-state index in [1.165, 1.54) is 24.6 Å². The highest BCUT2D eigenvalue weighted by Gasteiger charge is 1.93. The maximum Gasteiger partial charge on any atom is 0.00772 e. The van der Waals surface area contributed by atoms with E-state index >= 15 is 0 Å². The third-order valence-corrected chi connectivity index (χ3v) is 2.79. The van der Waals surface area contributed by atoms with Gasteiger partial charge in [0.25, 0.3) is 0 Å². The van der Waals surface area contributed by atoms with E-state index in [1.807, 2.05) is 11.8 Å². The van der Waals surface area contributed by atoms with Crippen molar-refractivity contribution in [2.45, 2.75) is 0 Å². The van der Waals surface area contributed by atoms with E-state index < -0.39 is 0 Å². The zero-order valence-corrected chi connectivity index (χ0v) is 8.38. The monoisotopic (exact) mass is 189 g/mol. The quantitative estimate of drug-likeness (QED) is 0.480. The van der Waals surface area contributed by atoms with Crippen LogP contribution in [0.3, 0.4) is 0 Å². The van der Waals surface area contributed by atoms with Crippen molar-refractivity contribution in [3.63, 3.8) is 0 Å². The van der Waals surface area contributed by atoms with Gasteiger partial charge in [0, 0.05) is 50.8 Å². The molecule has 0 unspecified atom stereocenters. The largest absolute Gasteiger partial charge is 0.315 e. The minimum atomic E-state index is 1.14. The summed E-state index contributed by atoms with van der Waals surface area (Å²) in [6, 6.07) is 0. The van der Waals surface area contributed by atoms with E-state index in [1.54, 1.807) is 0 Å². The molecule has 0 aromatic heterocycles. The van der Waals surface area contributed by atoms with E-state index in [0.29, 0.717) is 0 Å². The van der Waals surface area contributed by atoms with E-state index in [4.69, 9.17) is 0 Å². The van der Waals surface area contributed by atoms with Crippen LogP contribution in [0.25, 0.3) is 0 Å². The molecular formula is C8H19N3S. The fourth-order valence-corrected chi connectivity index (χ4v) is 1.90. The normalized spacial score (nSPS) is 24.0. The molecule has 0 aromatic carbocycles. The Morgan fingerprint density at radius 1 is 0.583 bits per heavy atom. The first-order chi connectivity index (χ1) is 6.00. The minimum absolute atomic E-state index is 1.14. The second-order valence-corrected chi connectivity index (χ2v) is 4.09. The molecule has 0 amide bonds. The summed E-state index contributed by atoms with van der Waals surface area (Å²) in [6.45, 7) is 6.98. The summed E-state index contributed by atoms with van der Waals surface area (Å²) in [5, 5.41) is 9.71. The number of rotatable bonds is 0. The average molecular weight is 189 g/mol. The maximum atomic E-state index is 3.26. The molecule has 72 valence electrons. The molecule has 2 aliphatic heterocycles. The number of thioether (sulfide) groups is 1. The van der Waals surface area contributed by atoms with Crippen LogP contribution in [0.5, 0.6) is 0 Å². The standard InChI is InChI=1S/C4H10N2.C4H9NS/c1-2-6-4-3-5-1;1-3-6-4-2-5-1/h5-6H,1-4H2;5H,1-4H2. The predicted molar refractivity (Wildman–Crippen MR) is 55.9 cm³/mol. The molecule has 0 spiro atoms. The molecule has 0 atom stereocenters. The van der Waals surface area contributed by atoms with Gasteiger partial charge in [0.1, 0.15) is 0 Å². The van der Waals surface area contributed by atoms with Crippen LogP contribution in [-0.4, -0.2) is 50.8 Å². The van der Waals surface area contributed by atoms with Gasteiger partial charge >= 0.3 is 0 Å². The van der Waals surface area contributed by atoms with E-state index in [9.17, 15) is 0 Å². The van der Waals surface area contributed by atoms with Crippen molar-refractivity contribution in [1.29, 1.82) is 0 Å². The van der Waals surface area contributed by atoms with E-state index in [2.05, 4.69) is 16.0 Å². The summed E-state index contributed by atoms with van der Waals surface area (Å²) in [5.41, 5.74) is 0. The Morgan fingerprint density at radius 2 is 1.00 bits per heavy atom. The smallest absolute Gasteiger partial charge is 0.00772 e. The number of hydrogen-bond donors (Lipinski definition) is 3. The van der Waals surface area contributed by atoms with Crippen LogP contribution in [0, 0.1) is 0 Å². The second-order valence-electron chi connectivity index (χ2n) is 2.86. The Labute approximate surface area is 79.1 Å². The third-order valence-electron chi connectivity index (χ3n) is 1.80. The summed E-state index contributed by atoms with van der Waals surface area (Å²) in [6.07, 6.45) is 0. The molecule has 2 aliphatic rings. The summed E-state index contributed by atoms with van der Waals surface area (Å²) in [5.74, 6) is 2.61. The van der Waals surface area contributed by atoms with Crippen LogP contribution in [0.2, 0.25) is 0 Å². The van der Waals surface area contributed by atoms with Gasteiger partial charge in [0.15, 0.2) is 0 Å². The SMILES string of the molecule is C1CNCCN1.C1CSCCN1. The van der Waals surface area contributed by atoms with Crippen molar-refractivity contribution in [2.24, 2.45) is 0 Å². The number of hydrogen-bond acceptors (Lipinski definition) is 4. The second kappa shape index (κ2) is 7.86. The first-order valence-electron chi connectivity index (χ1n) is 4.70. The van der Waals surface area contributed by atoms with Crippen molar-refractivity contribution < 1.29 is 0 Å². The van der Waals surface area contributed by atoms with Crippen molar-refractivity contribution in [3.8, 4) is 0 Å². The van der Waals surface area contributed by atoms with Gasteiger partial charge in [-0.05, 0) is 0 Å². The van der Waals surface area contributed by atoms with Crippen LogP contribution < -0.4 is 16.0 Å². The first-order valence-corrected chi connectivity index (χ1v) is 5.85. The summed E-state index contributed by atoms with van der Waals surface area (Å²) in [7, 11) is 0. The van der Waals surface area contributed by atoms with Gasteiger partial charge in [0.2, 0.25) is 0 Å². The molecule has 0 bridgehead atoms. The number of nitrogens with one attached hydrogen (secondary N) is 3. The van der Waals surface area contributed by atoms with Crippen molar-refractivity contribution in [3.05, 3.63) is 0 Å². The van der Waals surface area contributed by atoms with Crippen molar-refractivity contribution in [1.82, 2.24) is 16.0 Å². The molecular weight excluding hydrogens is 170 g/mol. The minimum Gasteiger partial charge on any atom is -0.315 e. The Bertz CT molecular complexity index is 57.3. The van der Waals surface area contributed by atoms with Gasteiger partial charge in [0.05, 0.1) is 0 Å². The van der Waals surface area contributed by atoms with E-state index in [-0.39, 0.29) is 0 Å². The summed E-state index contributed by atoms with van der Waals surface area (Å²) in [4.78, 5) is 0. The molecule has 2 heterocycles. The van der Waals surface area contributed by atoms with E-state index in [0.717, 1.165) is 26.2 Å². The van der Waals surface area contributed by atoms with Crippen LogP contribution in [0.1, 0.15) is 0 Å². The fraction of sp³-hybridized carbons (Fsp3) is 1.00. The molecule has 0 aliphatic carbocycles. The Hall–Kier alpha value is 0.230. The molecule has 0 saturated carbocycles. The maximum absolute atomic E-state index is 3.26. The van der Waals surface area contributed by atoms with Gasteiger partial charge in [-0.1, -0.05) is 0 Å². The summed E-state index contributed by atoms with van der Waals surface area (Å²) < 4.78 is 0. The molecule has 2 saturated heterocycles. The average Bonchev–Trinajstić information content (AvgIpc) is 2.24. The van der Waals surface area contributed by atoms with Crippen LogP contribution in [0.4, 0.5) is 0 Å².